The van der Waals surface area contributed by atoms with Crippen LogP contribution in [0.2, 0.25) is 0 Å². The van der Waals surface area contributed by atoms with Gasteiger partial charge in [0.05, 0.1) is 11.8 Å². The first-order valence-corrected chi connectivity index (χ1v) is 12.7. The maximum atomic E-state index is 14.1. The molecule has 1 aliphatic carbocycles. The highest BCUT2D eigenvalue weighted by molar-refractivity contribution is 7.88. The number of hydrogen-bond donors (Lipinski definition) is 2. The molecule has 7 nitrogen and oxygen atoms in total. The lowest BCUT2D eigenvalue weighted by atomic mass is 9.90. The van der Waals surface area contributed by atoms with Gasteiger partial charge in [0, 0.05) is 43.6 Å². The number of carbonyl (C=O) groups excluding carboxylic acids is 1. The molecule has 4 rings (SSSR count). The maximum Gasteiger partial charge on any atom is 0.267 e. The van der Waals surface area contributed by atoms with Gasteiger partial charge < -0.3 is 10.3 Å². The minimum absolute atomic E-state index is 0.00875. The summed E-state index contributed by atoms with van der Waals surface area (Å²) in [7, 11) is -1.54. The van der Waals surface area contributed by atoms with Crippen LogP contribution in [0, 0.1) is 12.7 Å². The number of halogens is 1. The van der Waals surface area contributed by atoms with Crippen molar-refractivity contribution in [2.45, 2.75) is 57.2 Å². The number of nitrogens with zero attached hydrogens (tertiary/aromatic N) is 2. The van der Waals surface area contributed by atoms with Crippen molar-refractivity contribution in [1.29, 1.82) is 0 Å². The molecule has 3 atom stereocenters. The van der Waals surface area contributed by atoms with Crippen LogP contribution in [0.1, 0.15) is 48.2 Å². The summed E-state index contributed by atoms with van der Waals surface area (Å²) in [6.45, 7) is 3.49. The molecule has 1 aromatic heterocycles. The molecule has 2 aromatic rings. The van der Waals surface area contributed by atoms with E-state index in [1.54, 1.807) is 19.2 Å². The summed E-state index contributed by atoms with van der Waals surface area (Å²) < 4.78 is 39.3. The van der Waals surface area contributed by atoms with Crippen LogP contribution in [-0.2, 0) is 10.0 Å². The number of amides is 1. The molecule has 2 heterocycles. The molecule has 0 radical (unpaired) electrons. The summed E-state index contributed by atoms with van der Waals surface area (Å²) in [6.07, 6.45) is 5.90. The van der Waals surface area contributed by atoms with Crippen LogP contribution < -0.4 is 5.32 Å². The molecule has 31 heavy (non-hydrogen) atoms. The zero-order valence-corrected chi connectivity index (χ0v) is 19.1. The molecule has 1 aliphatic heterocycles. The Morgan fingerprint density at radius 2 is 2.06 bits per heavy atom. The summed E-state index contributed by atoms with van der Waals surface area (Å²) in [5.74, 6) is -0.548. The zero-order chi connectivity index (χ0) is 22.3. The van der Waals surface area contributed by atoms with Crippen LogP contribution >= 0.6 is 0 Å². The molecule has 0 bridgehead atoms. The lowest BCUT2D eigenvalue weighted by Gasteiger charge is -2.36. The summed E-state index contributed by atoms with van der Waals surface area (Å²) in [5.41, 5.74) is 1.93. The smallest absolute Gasteiger partial charge is 0.267 e. The molecular formula is C22H31FN4O3S. The first-order chi connectivity index (χ1) is 14.6. The second-order valence-corrected chi connectivity index (χ2v) is 11.1. The first-order valence-electron chi connectivity index (χ1n) is 10.9. The number of aromatic nitrogens is 1. The van der Waals surface area contributed by atoms with E-state index in [-0.39, 0.29) is 23.8 Å². The maximum absolute atomic E-state index is 14.1. The predicted molar refractivity (Wildman–Crippen MR) is 119 cm³/mol. The summed E-state index contributed by atoms with van der Waals surface area (Å²) in [4.78, 5) is 18.3. The highest BCUT2D eigenvalue weighted by atomic mass is 32.2. The first kappa shape index (κ1) is 22.2. The van der Waals surface area contributed by atoms with Crippen molar-refractivity contribution in [2.24, 2.45) is 0 Å². The van der Waals surface area contributed by atoms with Gasteiger partial charge in [-0.2, -0.15) is 0 Å². The van der Waals surface area contributed by atoms with Gasteiger partial charge in [-0.3, -0.25) is 9.69 Å². The van der Waals surface area contributed by atoms with E-state index >= 15 is 0 Å². The molecule has 2 fully saturated rings. The minimum Gasteiger partial charge on any atom is -0.350 e. The van der Waals surface area contributed by atoms with E-state index in [9.17, 15) is 17.6 Å². The lowest BCUT2D eigenvalue weighted by molar-refractivity contribution is 0.0898. The van der Waals surface area contributed by atoms with Gasteiger partial charge in [-0.05, 0) is 56.7 Å². The van der Waals surface area contributed by atoms with E-state index in [0.717, 1.165) is 50.8 Å². The Labute approximate surface area is 183 Å². The Hall–Kier alpha value is -1.97. The molecule has 0 unspecified atom stereocenters. The van der Waals surface area contributed by atoms with Gasteiger partial charge in [0.25, 0.3) is 5.91 Å². The monoisotopic (exact) mass is 450 g/mol. The summed E-state index contributed by atoms with van der Waals surface area (Å²) >= 11 is 0. The quantitative estimate of drug-likeness (QED) is 0.733. The van der Waals surface area contributed by atoms with E-state index in [1.165, 1.54) is 16.6 Å². The molecule has 1 amide bonds. The molecular weight excluding hydrogens is 419 g/mol. The fraction of sp³-hybridized carbons (Fsp3) is 0.591. The number of likely N-dealkylation sites (tertiary alicyclic amines) is 1. The summed E-state index contributed by atoms with van der Waals surface area (Å²) in [6, 6.07) is 5.10. The van der Waals surface area contributed by atoms with E-state index in [1.807, 2.05) is 6.92 Å². The number of H-pyrrole nitrogens is 1. The molecule has 1 aromatic carbocycles. The van der Waals surface area contributed by atoms with Crippen LogP contribution in [0.5, 0.6) is 0 Å². The number of likely N-dealkylation sites (N-methyl/N-ethyl adjacent to an activating group) is 1. The molecule has 2 aliphatic rings. The Morgan fingerprint density at radius 1 is 1.29 bits per heavy atom. The van der Waals surface area contributed by atoms with Crippen LogP contribution in [0.3, 0.4) is 0 Å². The van der Waals surface area contributed by atoms with Gasteiger partial charge in [-0.25, -0.2) is 17.1 Å². The van der Waals surface area contributed by atoms with Crippen molar-refractivity contribution in [3.05, 3.63) is 35.3 Å². The van der Waals surface area contributed by atoms with Crippen LogP contribution in [0.25, 0.3) is 10.9 Å². The number of carbonyl (C=O) groups is 1. The second-order valence-electron chi connectivity index (χ2n) is 9.04. The number of hydrogen-bond acceptors (Lipinski definition) is 4. The fourth-order valence-corrected chi connectivity index (χ4v) is 5.72. The van der Waals surface area contributed by atoms with Gasteiger partial charge in [0.15, 0.2) is 0 Å². The number of aromatic amines is 1. The van der Waals surface area contributed by atoms with E-state index in [0.29, 0.717) is 22.6 Å². The lowest BCUT2D eigenvalue weighted by Crippen LogP contribution is -2.46. The molecule has 9 heteroatoms. The fourth-order valence-electron chi connectivity index (χ4n) is 5.00. The van der Waals surface area contributed by atoms with Crippen molar-refractivity contribution < 1.29 is 17.6 Å². The number of fused-ring (bicyclic) bond motifs is 1. The Kier molecular flexibility index (Phi) is 6.11. The van der Waals surface area contributed by atoms with E-state index in [2.05, 4.69) is 15.2 Å². The molecule has 170 valence electrons. The highest BCUT2D eigenvalue weighted by Crippen LogP contribution is 2.28. The van der Waals surface area contributed by atoms with E-state index in [4.69, 9.17) is 0 Å². The Bertz CT molecular complexity index is 1040. The average molecular weight is 451 g/mol. The molecule has 0 spiro atoms. The standard InChI is InChI=1S/C22H31FN4O3S/c1-14-7-8-19(23)18-12-20(25-21(14)18)22(28)24-15-5-4-6-16(11-15)27-10-9-17(13-27)26(2)31(3,29)30/h7-8,12,15-17,25H,4-6,9-11,13H2,1-3H3,(H,24,28)/t15-,16-,17+/m1/s1. The van der Waals surface area contributed by atoms with Crippen molar-refractivity contribution in [2.75, 3.05) is 26.4 Å². The third kappa shape index (κ3) is 4.63. The zero-order valence-electron chi connectivity index (χ0n) is 18.3. The van der Waals surface area contributed by atoms with Crippen LogP contribution in [0.15, 0.2) is 18.2 Å². The van der Waals surface area contributed by atoms with Gasteiger partial charge in [0.2, 0.25) is 10.0 Å². The molecule has 1 saturated carbocycles. The third-order valence-corrected chi connectivity index (χ3v) is 8.27. The number of nitrogens with one attached hydrogen (secondary N) is 2. The van der Waals surface area contributed by atoms with Gasteiger partial charge >= 0.3 is 0 Å². The highest BCUT2D eigenvalue weighted by Gasteiger charge is 2.35. The Morgan fingerprint density at radius 3 is 2.77 bits per heavy atom. The van der Waals surface area contributed by atoms with Gasteiger partial charge in [0.1, 0.15) is 11.5 Å². The number of benzene rings is 1. The SMILES string of the molecule is Cc1ccc(F)c2cc(C(=O)N[C@@H]3CCC[C@@H](N4CC[C@H](N(C)S(C)(=O)=O)C4)C3)[nH]c12. The topological polar surface area (TPSA) is 85.5 Å². The van der Waals surface area contributed by atoms with Crippen molar-refractivity contribution in [1.82, 2.24) is 19.5 Å². The molecule has 2 N–H and O–H groups in total. The summed E-state index contributed by atoms with van der Waals surface area (Å²) in [5, 5.41) is 3.56. The van der Waals surface area contributed by atoms with E-state index < -0.39 is 10.0 Å². The van der Waals surface area contributed by atoms with Gasteiger partial charge in [-0.15, -0.1) is 0 Å². The van der Waals surface area contributed by atoms with Gasteiger partial charge in [-0.1, -0.05) is 6.07 Å². The number of sulfonamides is 1. The van der Waals surface area contributed by atoms with Crippen molar-refractivity contribution in [3.8, 4) is 0 Å². The van der Waals surface area contributed by atoms with Crippen molar-refractivity contribution >= 4 is 26.8 Å². The second kappa shape index (κ2) is 8.52. The predicted octanol–water partition coefficient (Wildman–Crippen LogP) is 2.62. The van der Waals surface area contributed by atoms with Crippen LogP contribution in [0.4, 0.5) is 4.39 Å². The number of rotatable bonds is 5. The van der Waals surface area contributed by atoms with Crippen LogP contribution in [-0.4, -0.2) is 73.0 Å². The number of aryl methyl sites for hydroxylation is 1. The van der Waals surface area contributed by atoms with Crippen molar-refractivity contribution in [3.63, 3.8) is 0 Å². The third-order valence-electron chi connectivity index (χ3n) is 6.92. The normalized spacial score (nSPS) is 25.4. The minimum atomic E-state index is -3.20. The molecule has 1 saturated heterocycles. The average Bonchev–Trinajstić information content (AvgIpc) is 3.38. The Balaban J connectivity index is 1.39. The largest absolute Gasteiger partial charge is 0.350 e.